The molecule has 5 nitrogen and oxygen atoms in total. The van der Waals surface area contributed by atoms with Crippen molar-refractivity contribution in [1.29, 1.82) is 0 Å². The van der Waals surface area contributed by atoms with E-state index in [-0.39, 0.29) is 17.7 Å². The number of carbonyl (C=O) groups excluding carboxylic acids is 2. The zero-order valence-corrected chi connectivity index (χ0v) is 22.5. The van der Waals surface area contributed by atoms with Gasteiger partial charge in [-0.15, -0.1) is 0 Å². The highest BCUT2D eigenvalue weighted by Gasteiger charge is 2.35. The fraction of sp³-hybridized carbons (Fsp3) is 0.154. The summed E-state index contributed by atoms with van der Waals surface area (Å²) in [4.78, 5) is 27.1. The number of amides is 2. The molecule has 0 aliphatic carbocycles. The van der Waals surface area contributed by atoms with Crippen molar-refractivity contribution in [2.75, 3.05) is 6.61 Å². The van der Waals surface area contributed by atoms with Crippen LogP contribution in [0.3, 0.4) is 0 Å². The maximum atomic E-state index is 13.0. The van der Waals surface area contributed by atoms with Crippen molar-refractivity contribution < 1.29 is 19.1 Å². The van der Waals surface area contributed by atoms with Crippen LogP contribution in [0, 0.1) is 0 Å². The van der Waals surface area contributed by atoms with E-state index in [0.29, 0.717) is 55.3 Å². The van der Waals surface area contributed by atoms with Crippen molar-refractivity contribution in [2.45, 2.75) is 20.1 Å². The third-order valence-corrected chi connectivity index (χ3v) is 7.29. The molecule has 0 saturated carbocycles. The first-order chi connectivity index (χ1) is 16.9. The molecule has 1 aliphatic rings. The van der Waals surface area contributed by atoms with Gasteiger partial charge in [-0.25, -0.2) is 0 Å². The van der Waals surface area contributed by atoms with Gasteiger partial charge in [0.25, 0.3) is 11.1 Å². The van der Waals surface area contributed by atoms with Gasteiger partial charge in [0, 0.05) is 0 Å². The number of imide groups is 1. The molecule has 2 amide bonds. The lowest BCUT2D eigenvalue weighted by Crippen LogP contribution is -2.27. The summed E-state index contributed by atoms with van der Waals surface area (Å²) in [6.45, 7) is 2.82. The highest BCUT2D eigenvalue weighted by atomic mass is 79.9. The van der Waals surface area contributed by atoms with Crippen LogP contribution < -0.4 is 9.47 Å². The van der Waals surface area contributed by atoms with Crippen LogP contribution in [-0.2, 0) is 17.9 Å². The molecule has 180 valence electrons. The summed E-state index contributed by atoms with van der Waals surface area (Å²) in [5, 5.41) is 0.435. The van der Waals surface area contributed by atoms with Gasteiger partial charge >= 0.3 is 0 Å². The molecule has 1 heterocycles. The van der Waals surface area contributed by atoms with E-state index in [2.05, 4.69) is 15.9 Å². The molecular formula is C26H20BrCl2NO4S. The highest BCUT2D eigenvalue weighted by Crippen LogP contribution is 2.40. The number of carbonyl (C=O) groups is 2. The summed E-state index contributed by atoms with van der Waals surface area (Å²) in [6, 6.07) is 18.5. The van der Waals surface area contributed by atoms with E-state index in [9.17, 15) is 9.59 Å². The number of benzene rings is 3. The molecule has 0 bridgehead atoms. The molecule has 3 aromatic carbocycles. The SMILES string of the molecule is CCOc1cc(/C=C2/SC(=O)N(Cc3ccc(Cl)c(Cl)c3)C2=O)cc(Br)c1OCc1ccccc1. The first-order valence-corrected chi connectivity index (χ1v) is 13.0. The molecule has 1 saturated heterocycles. The van der Waals surface area contributed by atoms with Crippen LogP contribution in [0.25, 0.3) is 6.08 Å². The molecule has 0 N–H and O–H groups in total. The molecule has 3 aromatic rings. The standard InChI is InChI=1S/C26H20BrCl2NO4S/c1-2-33-22-12-18(10-19(27)24(22)34-15-16-6-4-3-5-7-16)13-23-25(31)30(26(32)35-23)14-17-8-9-20(28)21(29)11-17/h3-13H,2,14-15H2,1H3/b23-13+. The second-order valence-electron chi connectivity index (χ2n) is 7.55. The van der Waals surface area contributed by atoms with Gasteiger partial charge in [0.2, 0.25) is 0 Å². The number of ether oxygens (including phenoxy) is 2. The van der Waals surface area contributed by atoms with Gasteiger partial charge in [-0.1, -0.05) is 59.6 Å². The zero-order valence-electron chi connectivity index (χ0n) is 18.6. The molecule has 9 heteroatoms. The topological polar surface area (TPSA) is 55.8 Å². The Labute approximate surface area is 226 Å². The normalized spacial score (nSPS) is 14.6. The summed E-state index contributed by atoms with van der Waals surface area (Å²) in [6.07, 6.45) is 1.67. The van der Waals surface area contributed by atoms with Gasteiger partial charge in [0.05, 0.1) is 32.6 Å². The lowest BCUT2D eigenvalue weighted by molar-refractivity contribution is -0.123. The van der Waals surface area contributed by atoms with Crippen LogP contribution in [0.2, 0.25) is 10.0 Å². The maximum absolute atomic E-state index is 13.0. The van der Waals surface area contributed by atoms with Crippen molar-refractivity contribution in [2.24, 2.45) is 0 Å². The van der Waals surface area contributed by atoms with Crippen molar-refractivity contribution in [3.05, 3.63) is 96.8 Å². The van der Waals surface area contributed by atoms with Crippen LogP contribution in [0.1, 0.15) is 23.6 Å². The van der Waals surface area contributed by atoms with E-state index in [1.807, 2.05) is 43.3 Å². The van der Waals surface area contributed by atoms with E-state index in [1.165, 1.54) is 4.90 Å². The molecule has 35 heavy (non-hydrogen) atoms. The second kappa shape index (κ2) is 11.5. The molecule has 4 rings (SSSR count). The molecule has 1 aliphatic heterocycles. The van der Waals surface area contributed by atoms with Gasteiger partial charge in [-0.3, -0.25) is 14.5 Å². The summed E-state index contributed by atoms with van der Waals surface area (Å²) >= 11 is 16.5. The molecule has 1 fully saturated rings. The first kappa shape index (κ1) is 25.6. The van der Waals surface area contributed by atoms with Crippen LogP contribution in [0.4, 0.5) is 4.79 Å². The Morgan fingerprint density at radius 3 is 2.46 bits per heavy atom. The Morgan fingerprint density at radius 1 is 0.971 bits per heavy atom. The van der Waals surface area contributed by atoms with Crippen LogP contribution in [0.15, 0.2) is 70.0 Å². The van der Waals surface area contributed by atoms with Crippen molar-refractivity contribution in [3.63, 3.8) is 0 Å². The van der Waals surface area contributed by atoms with E-state index in [4.69, 9.17) is 32.7 Å². The minimum absolute atomic E-state index is 0.110. The van der Waals surface area contributed by atoms with Crippen LogP contribution in [0.5, 0.6) is 11.5 Å². The van der Waals surface area contributed by atoms with Gasteiger partial charge in [0.15, 0.2) is 11.5 Å². The molecule has 0 unspecified atom stereocenters. The summed E-state index contributed by atoms with van der Waals surface area (Å²) in [5.74, 6) is 0.740. The van der Waals surface area contributed by atoms with Gasteiger partial charge in [-0.05, 0) is 81.6 Å². The Balaban J connectivity index is 1.55. The third-order valence-electron chi connectivity index (χ3n) is 5.05. The average Bonchev–Trinajstić information content (AvgIpc) is 3.09. The van der Waals surface area contributed by atoms with E-state index >= 15 is 0 Å². The highest BCUT2D eigenvalue weighted by molar-refractivity contribution is 9.10. The third kappa shape index (κ3) is 6.22. The molecule has 0 spiro atoms. The van der Waals surface area contributed by atoms with Crippen molar-refractivity contribution in [3.8, 4) is 11.5 Å². The average molecular weight is 593 g/mol. The molecular weight excluding hydrogens is 573 g/mol. The Bertz CT molecular complexity index is 1300. The summed E-state index contributed by atoms with van der Waals surface area (Å²) < 4.78 is 12.5. The molecule has 0 atom stereocenters. The Hall–Kier alpha value is -2.45. The fourth-order valence-electron chi connectivity index (χ4n) is 3.41. The number of halogens is 3. The largest absolute Gasteiger partial charge is 0.490 e. The predicted molar refractivity (Wildman–Crippen MR) is 144 cm³/mol. The second-order valence-corrected chi connectivity index (χ2v) is 10.2. The van der Waals surface area contributed by atoms with Crippen LogP contribution >= 0.6 is 50.9 Å². The lowest BCUT2D eigenvalue weighted by atomic mass is 10.1. The summed E-state index contributed by atoms with van der Waals surface area (Å²) in [5.41, 5.74) is 2.44. The Kier molecular flexibility index (Phi) is 8.44. The number of hydrogen-bond acceptors (Lipinski definition) is 5. The van der Waals surface area contributed by atoms with Crippen LogP contribution in [-0.4, -0.2) is 22.7 Å². The van der Waals surface area contributed by atoms with E-state index < -0.39 is 0 Å². The lowest BCUT2D eigenvalue weighted by Gasteiger charge is -2.15. The van der Waals surface area contributed by atoms with Crippen molar-refractivity contribution >= 4 is 68.1 Å². The predicted octanol–water partition coefficient (Wildman–Crippen LogP) is 7.97. The van der Waals surface area contributed by atoms with Gasteiger partial charge in [0.1, 0.15) is 6.61 Å². The maximum Gasteiger partial charge on any atom is 0.293 e. The quantitative estimate of drug-likeness (QED) is 0.248. The minimum atomic E-state index is -0.371. The van der Waals surface area contributed by atoms with Gasteiger partial charge < -0.3 is 9.47 Å². The Morgan fingerprint density at radius 2 is 1.74 bits per heavy atom. The fourth-order valence-corrected chi connectivity index (χ4v) is 5.15. The number of thioether (sulfide) groups is 1. The van der Waals surface area contributed by atoms with Crippen molar-refractivity contribution in [1.82, 2.24) is 4.90 Å². The van der Waals surface area contributed by atoms with E-state index in [0.717, 1.165) is 17.3 Å². The zero-order chi connectivity index (χ0) is 24.9. The molecule has 0 radical (unpaired) electrons. The number of rotatable bonds is 8. The monoisotopic (exact) mass is 591 g/mol. The number of nitrogens with zero attached hydrogens (tertiary/aromatic N) is 1. The summed E-state index contributed by atoms with van der Waals surface area (Å²) in [7, 11) is 0. The molecule has 0 aromatic heterocycles. The van der Waals surface area contributed by atoms with Gasteiger partial charge in [-0.2, -0.15) is 0 Å². The smallest absolute Gasteiger partial charge is 0.293 e. The number of hydrogen-bond donors (Lipinski definition) is 0. The van der Waals surface area contributed by atoms with E-state index in [1.54, 1.807) is 30.3 Å². The first-order valence-electron chi connectivity index (χ1n) is 10.7. The minimum Gasteiger partial charge on any atom is -0.490 e.